The van der Waals surface area contributed by atoms with Gasteiger partial charge in [0.05, 0.1) is 0 Å². The van der Waals surface area contributed by atoms with E-state index in [1.165, 1.54) is 11.2 Å². The number of fused-ring (bicyclic) bond motifs is 1. The van der Waals surface area contributed by atoms with Crippen LogP contribution < -0.4 is 4.40 Å². The summed E-state index contributed by atoms with van der Waals surface area (Å²) in [5.41, 5.74) is 2.51. The van der Waals surface area contributed by atoms with Gasteiger partial charge in [-0.25, -0.2) is 0 Å². The molecule has 0 fully saturated rings. The fourth-order valence-electron chi connectivity index (χ4n) is 1.28. The zero-order chi connectivity index (χ0) is 7.68. The highest BCUT2D eigenvalue weighted by Gasteiger charge is 2.00. The van der Waals surface area contributed by atoms with Crippen LogP contribution in [-0.2, 0) is 0 Å². The summed E-state index contributed by atoms with van der Waals surface area (Å²) in [7, 11) is 0. The van der Waals surface area contributed by atoms with E-state index in [1.54, 1.807) is 0 Å². The number of hydrogen-bond donors (Lipinski definition) is 0. The summed E-state index contributed by atoms with van der Waals surface area (Å²) in [6, 6.07) is 12.5. The van der Waals surface area contributed by atoms with Gasteiger partial charge in [0.1, 0.15) is 0 Å². The lowest BCUT2D eigenvalue weighted by Crippen LogP contribution is -2.24. The number of aryl methyl sites for hydroxylation is 1. The molecular formula is C10H10N+. The average molecular weight is 144 g/mol. The standard InChI is InChI=1S/C10H10N/c1-9-5-4-7-10-6-2-3-8-11(9)10/h2-8H,1H3/q+1. The minimum absolute atomic E-state index is 1.24. The largest absolute Gasteiger partial charge is 0.210 e. The highest BCUT2D eigenvalue weighted by Crippen LogP contribution is 1.96. The van der Waals surface area contributed by atoms with Crippen LogP contribution in [0.5, 0.6) is 0 Å². The minimum Gasteiger partial charge on any atom is -0.165 e. The topological polar surface area (TPSA) is 4.10 Å². The second kappa shape index (κ2) is 2.35. The first kappa shape index (κ1) is 6.35. The van der Waals surface area contributed by atoms with Crippen LogP contribution in [0.1, 0.15) is 5.69 Å². The van der Waals surface area contributed by atoms with Crippen LogP contribution in [0.2, 0.25) is 0 Å². The molecule has 2 rings (SSSR count). The van der Waals surface area contributed by atoms with Crippen LogP contribution in [-0.4, -0.2) is 0 Å². The van der Waals surface area contributed by atoms with Crippen molar-refractivity contribution in [3.63, 3.8) is 0 Å². The summed E-state index contributed by atoms with van der Waals surface area (Å²) < 4.78 is 2.17. The SMILES string of the molecule is Cc1cccc2cccc[n+]12. The predicted molar refractivity (Wildman–Crippen MR) is 44.3 cm³/mol. The van der Waals surface area contributed by atoms with Crippen LogP contribution in [0.25, 0.3) is 5.52 Å². The van der Waals surface area contributed by atoms with Gasteiger partial charge in [0.25, 0.3) is 0 Å². The normalized spacial score (nSPS) is 10.3. The lowest BCUT2D eigenvalue weighted by atomic mass is 10.3. The Labute approximate surface area is 65.9 Å². The molecule has 0 amide bonds. The first-order chi connectivity index (χ1) is 5.38. The van der Waals surface area contributed by atoms with Gasteiger partial charge < -0.3 is 0 Å². The molecule has 11 heavy (non-hydrogen) atoms. The molecule has 1 nitrogen and oxygen atoms in total. The van der Waals surface area contributed by atoms with Gasteiger partial charge in [0, 0.05) is 31.2 Å². The lowest BCUT2D eigenvalue weighted by Gasteiger charge is -1.91. The van der Waals surface area contributed by atoms with Crippen molar-refractivity contribution in [3.8, 4) is 0 Å². The van der Waals surface area contributed by atoms with E-state index in [2.05, 4.69) is 47.9 Å². The smallest absolute Gasteiger partial charge is 0.165 e. The number of hydrogen-bond acceptors (Lipinski definition) is 0. The van der Waals surface area contributed by atoms with E-state index >= 15 is 0 Å². The molecule has 0 aliphatic rings. The van der Waals surface area contributed by atoms with E-state index in [-0.39, 0.29) is 0 Å². The summed E-state index contributed by atoms with van der Waals surface area (Å²) in [6.07, 6.45) is 2.07. The molecule has 2 aromatic heterocycles. The maximum absolute atomic E-state index is 2.17. The maximum atomic E-state index is 2.17. The number of rotatable bonds is 0. The number of nitrogens with zero attached hydrogens (tertiary/aromatic N) is 1. The molecule has 2 aromatic rings. The molecule has 0 saturated heterocycles. The van der Waals surface area contributed by atoms with Crippen LogP contribution in [0, 0.1) is 6.92 Å². The van der Waals surface area contributed by atoms with Gasteiger partial charge in [-0.1, -0.05) is 0 Å². The second-order valence-electron chi connectivity index (χ2n) is 2.66. The van der Waals surface area contributed by atoms with Crippen molar-refractivity contribution in [1.82, 2.24) is 0 Å². The van der Waals surface area contributed by atoms with Gasteiger partial charge in [0.2, 0.25) is 5.52 Å². The van der Waals surface area contributed by atoms with Crippen molar-refractivity contribution in [3.05, 3.63) is 48.3 Å². The molecule has 0 N–H and O–H groups in total. The highest BCUT2D eigenvalue weighted by molar-refractivity contribution is 5.37. The van der Waals surface area contributed by atoms with E-state index in [9.17, 15) is 0 Å². The molecule has 1 heteroatoms. The zero-order valence-corrected chi connectivity index (χ0v) is 6.49. The summed E-state index contributed by atoms with van der Waals surface area (Å²) in [6.45, 7) is 2.10. The first-order valence-electron chi connectivity index (χ1n) is 3.74. The van der Waals surface area contributed by atoms with E-state index in [1.807, 2.05) is 6.07 Å². The molecule has 0 spiro atoms. The van der Waals surface area contributed by atoms with Gasteiger partial charge >= 0.3 is 0 Å². The molecule has 0 atom stereocenters. The van der Waals surface area contributed by atoms with E-state index < -0.39 is 0 Å². The molecule has 0 bridgehead atoms. The highest BCUT2D eigenvalue weighted by atomic mass is 14.9. The van der Waals surface area contributed by atoms with E-state index in [4.69, 9.17) is 0 Å². The van der Waals surface area contributed by atoms with Crippen molar-refractivity contribution >= 4 is 5.52 Å². The predicted octanol–water partition coefficient (Wildman–Crippen LogP) is 1.73. The number of aromatic nitrogens is 1. The molecule has 0 radical (unpaired) electrons. The Hall–Kier alpha value is -1.37. The van der Waals surface area contributed by atoms with E-state index in [0.717, 1.165) is 0 Å². The fraction of sp³-hybridized carbons (Fsp3) is 0.100. The summed E-state index contributed by atoms with van der Waals surface area (Å²) in [5, 5.41) is 0. The van der Waals surface area contributed by atoms with E-state index in [0.29, 0.717) is 0 Å². The molecule has 0 aliphatic heterocycles. The summed E-state index contributed by atoms with van der Waals surface area (Å²) in [5.74, 6) is 0. The molecule has 0 aromatic carbocycles. The van der Waals surface area contributed by atoms with Crippen molar-refractivity contribution in [2.45, 2.75) is 6.92 Å². The quantitative estimate of drug-likeness (QED) is 0.496. The monoisotopic (exact) mass is 144 g/mol. The lowest BCUT2D eigenvalue weighted by molar-refractivity contribution is -0.519. The third-order valence-electron chi connectivity index (χ3n) is 1.88. The number of pyridine rings is 2. The van der Waals surface area contributed by atoms with Gasteiger partial charge in [-0.15, -0.1) is 0 Å². The van der Waals surface area contributed by atoms with Gasteiger partial charge in [0.15, 0.2) is 11.9 Å². The molecule has 0 unspecified atom stereocenters. The Kier molecular flexibility index (Phi) is 1.35. The first-order valence-corrected chi connectivity index (χ1v) is 3.74. The average Bonchev–Trinajstić information content (AvgIpc) is 2.06. The molecule has 54 valence electrons. The Morgan fingerprint density at radius 3 is 2.64 bits per heavy atom. The molecular weight excluding hydrogens is 134 g/mol. The van der Waals surface area contributed by atoms with Crippen LogP contribution in [0.3, 0.4) is 0 Å². The van der Waals surface area contributed by atoms with Crippen molar-refractivity contribution < 1.29 is 4.40 Å². The van der Waals surface area contributed by atoms with Crippen LogP contribution in [0.15, 0.2) is 42.6 Å². The van der Waals surface area contributed by atoms with Crippen LogP contribution >= 0.6 is 0 Å². The zero-order valence-electron chi connectivity index (χ0n) is 6.49. The Morgan fingerprint density at radius 2 is 1.82 bits per heavy atom. The minimum atomic E-state index is 1.24. The Morgan fingerprint density at radius 1 is 1.00 bits per heavy atom. The van der Waals surface area contributed by atoms with Crippen LogP contribution in [0.4, 0.5) is 0 Å². The molecule has 0 saturated carbocycles. The van der Waals surface area contributed by atoms with Gasteiger partial charge in [-0.05, 0) is 12.1 Å². The van der Waals surface area contributed by atoms with Crippen molar-refractivity contribution in [2.75, 3.05) is 0 Å². The van der Waals surface area contributed by atoms with Crippen molar-refractivity contribution in [2.24, 2.45) is 0 Å². The van der Waals surface area contributed by atoms with Gasteiger partial charge in [-0.3, -0.25) is 0 Å². The fourth-order valence-corrected chi connectivity index (χ4v) is 1.28. The molecule has 2 heterocycles. The third kappa shape index (κ3) is 0.984. The molecule has 0 aliphatic carbocycles. The Balaban J connectivity index is 2.91. The second-order valence-corrected chi connectivity index (χ2v) is 2.66. The van der Waals surface area contributed by atoms with Crippen molar-refractivity contribution in [1.29, 1.82) is 0 Å². The third-order valence-corrected chi connectivity index (χ3v) is 1.88. The van der Waals surface area contributed by atoms with Gasteiger partial charge in [-0.2, -0.15) is 4.40 Å². The summed E-state index contributed by atoms with van der Waals surface area (Å²) >= 11 is 0. The maximum Gasteiger partial charge on any atom is 0.210 e. The Bertz CT molecular complexity index is 374. The summed E-state index contributed by atoms with van der Waals surface area (Å²) in [4.78, 5) is 0.